The van der Waals surface area contributed by atoms with E-state index in [-0.39, 0.29) is 0 Å². The van der Waals surface area contributed by atoms with Gasteiger partial charge in [0.05, 0.1) is 0 Å². The average molecular weight is 166 g/mol. The number of rotatable bonds is 0. The van der Waals surface area contributed by atoms with E-state index in [2.05, 4.69) is 20.2 Å². The Bertz CT molecular complexity index is 29.0. The van der Waals surface area contributed by atoms with E-state index in [1.165, 1.54) is 0 Å². The van der Waals surface area contributed by atoms with E-state index >= 15 is 0 Å². The van der Waals surface area contributed by atoms with Crippen LogP contribution in [0.3, 0.4) is 0 Å². The second-order valence-corrected chi connectivity index (χ2v) is 4.69. The molecule has 0 bridgehead atoms. The summed E-state index contributed by atoms with van der Waals surface area (Å²) in [5, 5.41) is 0. The zero-order valence-electron chi connectivity index (χ0n) is 1.57. The van der Waals surface area contributed by atoms with Crippen molar-refractivity contribution in [1.82, 2.24) is 0 Å². The Morgan fingerprint density at radius 2 is 1.50 bits per heavy atom. The second kappa shape index (κ2) is 2.16. The van der Waals surface area contributed by atoms with Gasteiger partial charge in [-0.15, -0.1) is 0 Å². The van der Waals surface area contributed by atoms with Crippen molar-refractivity contribution in [1.29, 1.82) is 0 Å². The Labute approximate surface area is 36.4 Å². The molecule has 0 amide bonds. The number of hydrogen-bond acceptors (Lipinski definition) is 1. The molecule has 4 heavy (non-hydrogen) atoms. The molecule has 0 spiro atoms. The van der Waals surface area contributed by atoms with Gasteiger partial charge in [-0.2, -0.15) is 0 Å². The van der Waals surface area contributed by atoms with Crippen molar-refractivity contribution in [2.45, 2.75) is 0 Å². The number of hydrogen-bond donors (Lipinski definition) is 0. The van der Waals surface area contributed by atoms with Gasteiger partial charge in [0.15, 0.2) is 0 Å². The average Bonchev–Trinajstić information content (AvgIpc) is 0.811. The van der Waals surface area contributed by atoms with Crippen LogP contribution in [0, 0.1) is 0 Å². The minimum absolute atomic E-state index is 2.35. The molecule has 0 aliphatic rings. The van der Waals surface area contributed by atoms with Crippen LogP contribution in [-0.4, -0.2) is 12.0 Å². The summed E-state index contributed by atoms with van der Waals surface area (Å²) in [6.07, 6.45) is 0. The third-order valence-electron chi connectivity index (χ3n) is 0. The molecule has 0 aromatic carbocycles. The van der Waals surface area contributed by atoms with E-state index in [0.29, 0.717) is 0 Å². The molecule has 0 unspecified atom stereocenters. The third-order valence-corrected chi connectivity index (χ3v) is 0. The summed E-state index contributed by atoms with van der Waals surface area (Å²) in [6, 6.07) is 0. The molecule has 0 rings (SSSR count). The van der Waals surface area contributed by atoms with E-state index < -0.39 is 12.0 Å². The van der Waals surface area contributed by atoms with E-state index in [1.807, 2.05) is 0 Å². The van der Waals surface area contributed by atoms with Crippen LogP contribution < -0.4 is 0 Å². The summed E-state index contributed by atoms with van der Waals surface area (Å²) in [7, 11) is 9.22. The van der Waals surface area contributed by atoms with Crippen molar-refractivity contribution >= 4 is 32.2 Å². The molecule has 0 radical (unpaired) electrons. The molecule has 0 saturated heterocycles. The predicted molar refractivity (Wildman–Crippen MR) is 18.1 cm³/mol. The first-order valence-corrected chi connectivity index (χ1v) is 5.68. The molecule has 0 aromatic rings. The van der Waals surface area contributed by atoms with Crippen molar-refractivity contribution in [2.75, 3.05) is 0 Å². The van der Waals surface area contributed by atoms with Gasteiger partial charge in [0.1, 0.15) is 0 Å². The van der Waals surface area contributed by atoms with Gasteiger partial charge in [-0.25, -0.2) is 0 Å². The maximum atomic E-state index is 9.18. The Hall–Kier alpha value is 0.899. The van der Waals surface area contributed by atoms with Gasteiger partial charge in [0.2, 0.25) is 0 Å². The molecule has 0 heterocycles. The van der Waals surface area contributed by atoms with Crippen molar-refractivity contribution in [3.63, 3.8) is 0 Å². The molecule has 1 nitrogen and oxygen atoms in total. The standard InChI is InChI=1S/Cl2OSe/c1-4(2)3. The third kappa shape index (κ3) is 12.9. The van der Waals surface area contributed by atoms with Gasteiger partial charge in [0, 0.05) is 0 Å². The fourth-order valence-electron chi connectivity index (χ4n) is 0. The molecule has 0 saturated carbocycles. The first-order valence-electron chi connectivity index (χ1n) is 0.475. The van der Waals surface area contributed by atoms with Gasteiger partial charge < -0.3 is 0 Å². The Morgan fingerprint density at radius 3 is 1.50 bits per heavy atom. The van der Waals surface area contributed by atoms with Gasteiger partial charge in [-0.05, 0) is 0 Å². The summed E-state index contributed by atoms with van der Waals surface area (Å²) < 4.78 is 9.18. The fourth-order valence-corrected chi connectivity index (χ4v) is 0. The van der Waals surface area contributed by atoms with E-state index in [9.17, 15) is 3.83 Å². The van der Waals surface area contributed by atoms with Gasteiger partial charge in [-0.1, -0.05) is 0 Å². The predicted octanol–water partition coefficient (Wildman–Crippen LogP) is 0.879. The van der Waals surface area contributed by atoms with Gasteiger partial charge in [0.25, 0.3) is 0 Å². The SMILES string of the molecule is O=[Se](Cl)Cl. The van der Waals surface area contributed by atoms with E-state index in [4.69, 9.17) is 0 Å². The molecule has 0 fully saturated rings. The summed E-state index contributed by atoms with van der Waals surface area (Å²) in [4.78, 5) is 0. The Balaban J connectivity index is 2.80. The van der Waals surface area contributed by atoms with Crippen LogP contribution in [0.4, 0.5) is 0 Å². The van der Waals surface area contributed by atoms with Crippen molar-refractivity contribution in [3.05, 3.63) is 0 Å². The molecule has 26 valence electrons. The summed E-state index contributed by atoms with van der Waals surface area (Å²) in [6.45, 7) is 0. The first-order chi connectivity index (χ1) is 1.73. The first kappa shape index (κ1) is 4.90. The molecule has 4 heteroatoms. The molecule has 0 N–H and O–H groups in total. The van der Waals surface area contributed by atoms with Gasteiger partial charge in [-0.3, -0.25) is 0 Å². The zero-order valence-corrected chi connectivity index (χ0v) is 4.80. The quantitative estimate of drug-likeness (QED) is 0.488. The second-order valence-electron chi connectivity index (χ2n) is 0.184. The van der Waals surface area contributed by atoms with Crippen LogP contribution in [0.1, 0.15) is 0 Å². The maximum absolute atomic E-state index is 9.18. The summed E-state index contributed by atoms with van der Waals surface area (Å²) in [5.41, 5.74) is 0. The normalized spacial score (nSPS) is 8.75. The Kier molecular flexibility index (Phi) is 2.64. The molecule has 0 aliphatic heterocycles. The summed E-state index contributed by atoms with van der Waals surface area (Å²) >= 11 is -2.35. The van der Waals surface area contributed by atoms with Crippen molar-refractivity contribution in [2.24, 2.45) is 0 Å². The monoisotopic (exact) mass is 166 g/mol. The molecule has 0 aliphatic carbocycles. The van der Waals surface area contributed by atoms with Crippen molar-refractivity contribution in [3.8, 4) is 0 Å². The van der Waals surface area contributed by atoms with Crippen LogP contribution in [0.15, 0.2) is 0 Å². The fraction of sp³-hybridized carbons (Fsp3) is 0. The molecule has 0 aromatic heterocycles. The topological polar surface area (TPSA) is 17.1 Å². The molecule has 0 atom stereocenters. The number of halogens is 2. The van der Waals surface area contributed by atoms with Crippen molar-refractivity contribution < 1.29 is 3.83 Å². The van der Waals surface area contributed by atoms with E-state index in [0.717, 1.165) is 0 Å². The van der Waals surface area contributed by atoms with Gasteiger partial charge >= 0.3 is 36.0 Å². The van der Waals surface area contributed by atoms with Crippen LogP contribution >= 0.6 is 20.2 Å². The molecular weight excluding hydrogens is 166 g/mol. The van der Waals surface area contributed by atoms with Crippen LogP contribution in [0.2, 0.25) is 0 Å². The van der Waals surface area contributed by atoms with Crippen LogP contribution in [0.5, 0.6) is 0 Å². The minimum atomic E-state index is -2.35. The zero-order chi connectivity index (χ0) is 3.58. The van der Waals surface area contributed by atoms with Crippen LogP contribution in [-0.2, 0) is 3.83 Å². The van der Waals surface area contributed by atoms with E-state index in [1.54, 1.807) is 0 Å². The van der Waals surface area contributed by atoms with Crippen LogP contribution in [0.25, 0.3) is 0 Å². The Morgan fingerprint density at radius 1 is 1.50 bits per heavy atom. The summed E-state index contributed by atoms with van der Waals surface area (Å²) in [5.74, 6) is 0. The molecular formula is Cl2OSe.